The van der Waals surface area contributed by atoms with Crippen LogP contribution in [0.3, 0.4) is 0 Å². The predicted molar refractivity (Wildman–Crippen MR) is 81.2 cm³/mol. The average Bonchev–Trinajstić information content (AvgIpc) is 2.61. The summed E-state index contributed by atoms with van der Waals surface area (Å²) in [4.78, 5) is 12.4. The van der Waals surface area contributed by atoms with Crippen molar-refractivity contribution in [3.63, 3.8) is 0 Å². The third-order valence-electron chi connectivity index (χ3n) is 2.28. The van der Waals surface area contributed by atoms with E-state index in [0.717, 1.165) is 8.04 Å². The lowest BCUT2D eigenvalue weighted by molar-refractivity contribution is 0.102. The third kappa shape index (κ3) is 2.63. The number of halogens is 3. The van der Waals surface area contributed by atoms with Crippen LogP contribution >= 0.6 is 54.5 Å². The van der Waals surface area contributed by atoms with Gasteiger partial charge in [0.25, 0.3) is 0 Å². The molecule has 2 rings (SSSR count). The lowest BCUT2D eigenvalue weighted by atomic mass is 10.1. The van der Waals surface area contributed by atoms with E-state index in [2.05, 4.69) is 59.5 Å². The van der Waals surface area contributed by atoms with Gasteiger partial charge in [0.2, 0.25) is 5.78 Å². The van der Waals surface area contributed by atoms with E-state index in [1.807, 2.05) is 18.2 Å². The first kappa shape index (κ1) is 13.2. The normalized spacial score (nSPS) is 10.6. The van der Waals surface area contributed by atoms with Crippen molar-refractivity contribution in [2.45, 2.75) is 0 Å². The first-order valence-electron chi connectivity index (χ1n) is 4.68. The quantitative estimate of drug-likeness (QED) is 0.495. The second-order valence-corrected chi connectivity index (χ2v) is 6.35. The van der Waals surface area contributed by atoms with Crippen molar-refractivity contribution in [2.75, 3.05) is 0 Å². The Hall–Kier alpha value is -0.210. The maximum atomic E-state index is 12.4. The predicted octanol–water partition coefficient (Wildman–Crippen LogP) is 3.78. The molecule has 0 bridgehead atoms. The van der Waals surface area contributed by atoms with Crippen molar-refractivity contribution in [1.82, 2.24) is 9.78 Å². The molecule has 3 nitrogen and oxygen atoms in total. The third-order valence-corrected chi connectivity index (χ3v) is 4.30. The molecule has 6 heteroatoms. The second kappa shape index (κ2) is 5.19. The average molecular weight is 470 g/mol. The topological polar surface area (TPSA) is 34.9 Å². The number of carbonyl (C=O) groups excluding carboxylic acids is 1. The summed E-state index contributed by atoms with van der Waals surface area (Å²) in [5.41, 5.74) is 1.23. The molecule has 1 heterocycles. The van der Waals surface area contributed by atoms with Crippen molar-refractivity contribution in [1.29, 1.82) is 0 Å². The maximum absolute atomic E-state index is 12.4. The summed E-state index contributed by atoms with van der Waals surface area (Å²) in [7, 11) is 1.75. The van der Waals surface area contributed by atoms with Crippen LogP contribution in [0.2, 0.25) is 0 Å². The van der Waals surface area contributed by atoms with Gasteiger partial charge in [-0.25, -0.2) is 0 Å². The number of carbonyl (C=O) groups is 1. The van der Waals surface area contributed by atoms with E-state index in [1.54, 1.807) is 17.9 Å². The number of aryl methyl sites for hydroxylation is 1. The zero-order chi connectivity index (χ0) is 12.6. The summed E-state index contributed by atoms with van der Waals surface area (Å²) in [5, 5.41) is 4.05. The van der Waals surface area contributed by atoms with Gasteiger partial charge in [0.1, 0.15) is 5.69 Å². The Labute approximate surface area is 129 Å². The fourth-order valence-electron chi connectivity index (χ4n) is 1.47. The molecule has 0 radical (unpaired) electrons. The Kier molecular flexibility index (Phi) is 4.04. The second-order valence-electron chi connectivity index (χ2n) is 3.42. The number of hydrogen-bond acceptors (Lipinski definition) is 2. The Balaban J connectivity index is 2.55. The Morgan fingerprint density at radius 1 is 1.41 bits per heavy atom. The van der Waals surface area contributed by atoms with E-state index in [1.165, 1.54) is 0 Å². The first-order chi connectivity index (χ1) is 8.00. The lowest BCUT2D eigenvalue weighted by Crippen LogP contribution is -2.10. The smallest absolute Gasteiger partial charge is 0.213 e. The molecule has 0 fully saturated rings. The van der Waals surface area contributed by atoms with Crippen LogP contribution in [0.5, 0.6) is 0 Å². The molecule has 0 aliphatic carbocycles. The van der Waals surface area contributed by atoms with E-state index in [-0.39, 0.29) is 5.78 Å². The van der Waals surface area contributed by atoms with Gasteiger partial charge in [0, 0.05) is 20.7 Å². The first-order valence-corrected chi connectivity index (χ1v) is 7.34. The van der Waals surface area contributed by atoms with E-state index < -0.39 is 0 Å². The largest absolute Gasteiger partial charge is 0.287 e. The van der Waals surface area contributed by atoms with Crippen molar-refractivity contribution >= 4 is 60.2 Å². The number of benzene rings is 1. The van der Waals surface area contributed by atoms with Crippen molar-refractivity contribution in [2.24, 2.45) is 7.05 Å². The molecular weight excluding hydrogens is 463 g/mol. The van der Waals surface area contributed by atoms with Crippen LogP contribution < -0.4 is 0 Å². The van der Waals surface area contributed by atoms with Crippen molar-refractivity contribution < 1.29 is 4.79 Å². The van der Waals surface area contributed by atoms with Crippen molar-refractivity contribution in [3.05, 3.63) is 48.2 Å². The zero-order valence-electron chi connectivity index (χ0n) is 8.75. The standard InChI is InChI=1S/C11H7Br2IN2O/c1-16-10(8(13)5-15-16)11(17)7-4-6(12)2-3-9(7)14/h2-5H,1H3. The van der Waals surface area contributed by atoms with E-state index >= 15 is 0 Å². The highest BCUT2D eigenvalue weighted by Crippen LogP contribution is 2.24. The van der Waals surface area contributed by atoms with Crippen LogP contribution in [0.15, 0.2) is 33.3 Å². The highest BCUT2D eigenvalue weighted by molar-refractivity contribution is 14.1. The number of ketones is 1. The van der Waals surface area contributed by atoms with Gasteiger partial charge >= 0.3 is 0 Å². The van der Waals surface area contributed by atoms with Gasteiger partial charge in [0.15, 0.2) is 0 Å². The summed E-state index contributed by atoms with van der Waals surface area (Å²) in [6.45, 7) is 0. The minimum absolute atomic E-state index is 0.0393. The summed E-state index contributed by atoms with van der Waals surface area (Å²) in [6.07, 6.45) is 1.62. The maximum Gasteiger partial charge on any atom is 0.213 e. The fourth-order valence-corrected chi connectivity index (χ4v) is 2.93. The molecule has 0 spiro atoms. The molecule has 0 N–H and O–H groups in total. The summed E-state index contributed by atoms with van der Waals surface area (Å²) in [5.74, 6) is -0.0393. The number of rotatable bonds is 2. The van der Waals surface area contributed by atoms with Crippen LogP contribution in [0.1, 0.15) is 16.1 Å². The number of nitrogens with zero attached hydrogens (tertiary/aromatic N) is 2. The minimum Gasteiger partial charge on any atom is -0.287 e. The molecule has 0 unspecified atom stereocenters. The molecule has 0 amide bonds. The highest BCUT2D eigenvalue weighted by Gasteiger charge is 2.19. The Bertz CT molecular complexity index is 576. The SMILES string of the molecule is Cn1ncc(Br)c1C(=O)c1cc(Br)ccc1I. The molecule has 1 aromatic heterocycles. The lowest BCUT2D eigenvalue weighted by Gasteiger charge is -2.05. The zero-order valence-corrected chi connectivity index (χ0v) is 14.1. The highest BCUT2D eigenvalue weighted by atomic mass is 127. The summed E-state index contributed by atoms with van der Waals surface area (Å²) < 4.78 is 4.09. The van der Waals surface area contributed by atoms with Gasteiger partial charge in [-0.15, -0.1) is 0 Å². The van der Waals surface area contributed by atoms with Gasteiger partial charge in [0.05, 0.1) is 10.7 Å². The van der Waals surface area contributed by atoms with Crippen LogP contribution in [0.4, 0.5) is 0 Å². The van der Waals surface area contributed by atoms with Gasteiger partial charge in [-0.3, -0.25) is 9.48 Å². The number of hydrogen-bond donors (Lipinski definition) is 0. The minimum atomic E-state index is -0.0393. The Morgan fingerprint density at radius 3 is 2.71 bits per heavy atom. The molecule has 0 atom stereocenters. The summed E-state index contributed by atoms with van der Waals surface area (Å²) in [6, 6.07) is 5.64. The van der Waals surface area contributed by atoms with Crippen LogP contribution in [0.25, 0.3) is 0 Å². The van der Waals surface area contributed by atoms with Gasteiger partial charge < -0.3 is 0 Å². The molecule has 0 aliphatic heterocycles. The molecule has 0 saturated carbocycles. The molecule has 0 saturated heterocycles. The van der Waals surface area contributed by atoms with Gasteiger partial charge in [-0.1, -0.05) is 15.9 Å². The molecule has 17 heavy (non-hydrogen) atoms. The van der Waals surface area contributed by atoms with Gasteiger partial charge in [-0.2, -0.15) is 5.10 Å². The molecular formula is C11H7Br2IN2O. The molecule has 0 aliphatic rings. The van der Waals surface area contributed by atoms with Crippen LogP contribution in [-0.2, 0) is 7.05 Å². The van der Waals surface area contributed by atoms with Gasteiger partial charge in [-0.05, 0) is 56.7 Å². The van der Waals surface area contributed by atoms with E-state index in [0.29, 0.717) is 15.7 Å². The number of aromatic nitrogens is 2. The van der Waals surface area contributed by atoms with Crippen molar-refractivity contribution in [3.8, 4) is 0 Å². The van der Waals surface area contributed by atoms with E-state index in [4.69, 9.17) is 0 Å². The van der Waals surface area contributed by atoms with Crippen LogP contribution in [0, 0.1) is 3.57 Å². The Morgan fingerprint density at radius 2 is 2.12 bits per heavy atom. The monoisotopic (exact) mass is 468 g/mol. The molecule has 2 aromatic rings. The van der Waals surface area contributed by atoms with Crippen LogP contribution in [-0.4, -0.2) is 15.6 Å². The fraction of sp³-hybridized carbons (Fsp3) is 0.0909. The molecule has 1 aromatic carbocycles. The van der Waals surface area contributed by atoms with E-state index in [9.17, 15) is 4.79 Å². The summed E-state index contributed by atoms with van der Waals surface area (Å²) >= 11 is 8.87. The molecule has 88 valence electrons.